The average molecular weight is 354 g/mol. The fourth-order valence-electron chi connectivity index (χ4n) is 2.92. The van der Waals surface area contributed by atoms with Crippen LogP contribution < -0.4 is 16.0 Å². The minimum atomic E-state index is -0.140. The number of hydrogen-bond acceptors (Lipinski definition) is 2. The van der Waals surface area contributed by atoms with E-state index in [9.17, 15) is 9.59 Å². The largest absolute Gasteiger partial charge is 0.352 e. The van der Waals surface area contributed by atoms with Crippen molar-refractivity contribution in [3.05, 3.63) is 65.7 Å². The summed E-state index contributed by atoms with van der Waals surface area (Å²) >= 11 is 0. The van der Waals surface area contributed by atoms with E-state index >= 15 is 0 Å². The molecule has 26 heavy (non-hydrogen) atoms. The lowest BCUT2D eigenvalue weighted by Crippen LogP contribution is -2.88. The van der Waals surface area contributed by atoms with E-state index in [0.717, 1.165) is 0 Å². The number of amides is 2. The Morgan fingerprint density at radius 2 is 1.77 bits per heavy atom. The van der Waals surface area contributed by atoms with Gasteiger partial charge in [0.1, 0.15) is 6.04 Å². The molecule has 2 aromatic rings. The van der Waals surface area contributed by atoms with Crippen molar-refractivity contribution >= 4 is 17.5 Å². The maximum Gasteiger partial charge on any atom is 0.279 e. The Hall–Kier alpha value is -2.66. The van der Waals surface area contributed by atoms with Gasteiger partial charge >= 0.3 is 0 Å². The third-order valence-electron chi connectivity index (χ3n) is 4.21. The summed E-state index contributed by atoms with van der Waals surface area (Å²) in [6.07, 6.45) is 0. The molecule has 0 fully saturated rings. The first kappa shape index (κ1) is 19.7. The van der Waals surface area contributed by atoms with Crippen LogP contribution in [0.2, 0.25) is 0 Å². The predicted octanol–water partition coefficient (Wildman–Crippen LogP) is 2.34. The highest BCUT2D eigenvalue weighted by molar-refractivity contribution is 5.97. The molecule has 0 aliphatic carbocycles. The molecule has 5 heteroatoms. The topological polar surface area (TPSA) is 74.8 Å². The minimum absolute atomic E-state index is 0.0837. The van der Waals surface area contributed by atoms with Gasteiger partial charge in [-0.15, -0.1) is 0 Å². The smallest absolute Gasteiger partial charge is 0.279 e. The number of hydrogen-bond donors (Lipinski definition) is 3. The molecule has 0 bridgehead atoms. The summed E-state index contributed by atoms with van der Waals surface area (Å²) in [4.78, 5) is 24.2. The van der Waals surface area contributed by atoms with Gasteiger partial charge in [0.25, 0.3) is 11.8 Å². The number of carbonyl (C=O) groups is 2. The quantitative estimate of drug-likeness (QED) is 0.681. The number of nitrogens with two attached hydrogens (primary N) is 1. The highest BCUT2D eigenvalue weighted by Crippen LogP contribution is 2.16. The number of anilines is 1. The second-order valence-corrected chi connectivity index (χ2v) is 6.61. The Kier molecular flexibility index (Phi) is 7.36. The number of rotatable bonds is 8. The van der Waals surface area contributed by atoms with Gasteiger partial charge in [0.05, 0.1) is 0 Å². The van der Waals surface area contributed by atoms with E-state index in [1.807, 2.05) is 25.1 Å². The van der Waals surface area contributed by atoms with E-state index in [4.69, 9.17) is 0 Å². The summed E-state index contributed by atoms with van der Waals surface area (Å²) in [5, 5.41) is 7.69. The van der Waals surface area contributed by atoms with Gasteiger partial charge in [-0.2, -0.15) is 0 Å². The molecular weight excluding hydrogens is 326 g/mol. The number of carbonyl (C=O) groups excluding carboxylic acids is 2. The maximum atomic E-state index is 12.3. The fraction of sp³-hybridized carbons (Fsp3) is 0.333. The van der Waals surface area contributed by atoms with E-state index in [0.29, 0.717) is 30.3 Å². The van der Waals surface area contributed by atoms with Crippen molar-refractivity contribution in [1.29, 1.82) is 0 Å². The van der Waals surface area contributed by atoms with Crippen molar-refractivity contribution in [2.24, 2.45) is 5.92 Å². The van der Waals surface area contributed by atoms with E-state index < -0.39 is 0 Å². The van der Waals surface area contributed by atoms with E-state index in [2.05, 4.69) is 41.9 Å². The summed E-state index contributed by atoms with van der Waals surface area (Å²) in [7, 11) is 0. The lowest BCUT2D eigenvalue weighted by Gasteiger charge is -2.19. The SMILES string of the molecule is CCNC(=O)c1cccc(NC(=O)C[NH2+][C@H](c2ccccc2)C(C)C)c1. The van der Waals surface area contributed by atoms with Crippen LogP contribution in [-0.2, 0) is 4.79 Å². The second kappa shape index (κ2) is 9.73. The van der Waals surface area contributed by atoms with Gasteiger partial charge in [0.15, 0.2) is 6.54 Å². The highest BCUT2D eigenvalue weighted by Gasteiger charge is 2.20. The molecule has 0 unspecified atom stereocenters. The second-order valence-electron chi connectivity index (χ2n) is 6.61. The molecule has 0 saturated heterocycles. The molecule has 0 aromatic heterocycles. The van der Waals surface area contributed by atoms with Crippen molar-refractivity contribution in [2.75, 3.05) is 18.4 Å². The summed E-state index contributed by atoms with van der Waals surface area (Å²) < 4.78 is 0. The number of nitrogens with one attached hydrogen (secondary N) is 2. The molecule has 0 saturated carbocycles. The Labute approximate surface area is 155 Å². The highest BCUT2D eigenvalue weighted by atomic mass is 16.2. The van der Waals surface area contributed by atoms with Crippen molar-refractivity contribution in [3.8, 4) is 0 Å². The normalized spacial score (nSPS) is 11.8. The van der Waals surface area contributed by atoms with Gasteiger partial charge in [0, 0.05) is 29.3 Å². The number of quaternary nitrogens is 1. The lowest BCUT2D eigenvalue weighted by atomic mass is 9.96. The van der Waals surface area contributed by atoms with Crippen LogP contribution in [0.3, 0.4) is 0 Å². The molecule has 1 atom stereocenters. The summed E-state index contributed by atoms with van der Waals surface area (Å²) in [6, 6.07) is 17.4. The first-order valence-corrected chi connectivity index (χ1v) is 9.07. The monoisotopic (exact) mass is 354 g/mol. The molecular formula is C21H28N3O2+. The van der Waals surface area contributed by atoms with Crippen LogP contribution >= 0.6 is 0 Å². The minimum Gasteiger partial charge on any atom is -0.352 e. The zero-order valence-corrected chi connectivity index (χ0v) is 15.7. The van der Waals surface area contributed by atoms with Crippen molar-refractivity contribution in [1.82, 2.24) is 5.32 Å². The Morgan fingerprint density at radius 1 is 1.04 bits per heavy atom. The lowest BCUT2D eigenvalue weighted by molar-refractivity contribution is -0.692. The molecule has 0 heterocycles. The van der Waals surface area contributed by atoms with Gasteiger partial charge < -0.3 is 16.0 Å². The third-order valence-corrected chi connectivity index (χ3v) is 4.21. The molecule has 2 aromatic carbocycles. The van der Waals surface area contributed by atoms with Gasteiger partial charge in [0.2, 0.25) is 0 Å². The van der Waals surface area contributed by atoms with Gasteiger partial charge in [-0.3, -0.25) is 9.59 Å². The molecule has 2 amide bonds. The predicted molar refractivity (Wildman–Crippen MR) is 104 cm³/mol. The molecule has 4 N–H and O–H groups in total. The Balaban J connectivity index is 1.96. The standard InChI is InChI=1S/C21H27N3O2/c1-4-22-21(26)17-11-8-12-18(13-17)24-19(25)14-23-20(15(2)3)16-9-6-5-7-10-16/h5-13,15,20,23H,4,14H2,1-3H3,(H,22,26)(H,24,25)/p+1/t20-/m0/s1. The third kappa shape index (κ3) is 5.70. The summed E-state index contributed by atoms with van der Waals surface area (Å²) in [5.74, 6) is 0.185. The van der Waals surface area contributed by atoms with Crippen LogP contribution in [-0.4, -0.2) is 24.9 Å². The van der Waals surface area contributed by atoms with Crippen LogP contribution in [0.4, 0.5) is 5.69 Å². The maximum absolute atomic E-state index is 12.3. The van der Waals surface area contributed by atoms with Crippen molar-refractivity contribution in [2.45, 2.75) is 26.8 Å². The average Bonchev–Trinajstić information content (AvgIpc) is 2.63. The molecule has 5 nitrogen and oxygen atoms in total. The first-order valence-electron chi connectivity index (χ1n) is 9.07. The number of benzene rings is 2. The zero-order chi connectivity index (χ0) is 18.9. The van der Waals surface area contributed by atoms with Crippen molar-refractivity contribution < 1.29 is 14.9 Å². The van der Waals surface area contributed by atoms with Crippen LogP contribution in [0, 0.1) is 5.92 Å². The zero-order valence-electron chi connectivity index (χ0n) is 15.7. The Morgan fingerprint density at radius 3 is 2.42 bits per heavy atom. The van der Waals surface area contributed by atoms with Crippen LogP contribution in [0.5, 0.6) is 0 Å². The molecule has 0 spiro atoms. The van der Waals surface area contributed by atoms with Crippen LogP contribution in [0.15, 0.2) is 54.6 Å². The molecule has 0 aliphatic heterocycles. The van der Waals surface area contributed by atoms with E-state index in [1.54, 1.807) is 24.3 Å². The fourth-order valence-corrected chi connectivity index (χ4v) is 2.92. The first-order chi connectivity index (χ1) is 12.5. The summed E-state index contributed by atoms with van der Waals surface area (Å²) in [5.41, 5.74) is 2.39. The van der Waals surface area contributed by atoms with Gasteiger partial charge in [-0.1, -0.05) is 50.2 Å². The molecule has 138 valence electrons. The van der Waals surface area contributed by atoms with Gasteiger partial charge in [-0.05, 0) is 25.1 Å². The van der Waals surface area contributed by atoms with E-state index in [-0.39, 0.29) is 17.9 Å². The van der Waals surface area contributed by atoms with E-state index in [1.165, 1.54) is 5.56 Å². The molecule has 0 radical (unpaired) electrons. The summed E-state index contributed by atoms with van der Waals surface area (Å²) in [6.45, 7) is 7.07. The van der Waals surface area contributed by atoms with Crippen LogP contribution in [0.25, 0.3) is 0 Å². The van der Waals surface area contributed by atoms with Crippen molar-refractivity contribution in [3.63, 3.8) is 0 Å². The Bertz CT molecular complexity index is 729. The van der Waals surface area contributed by atoms with Crippen LogP contribution in [0.1, 0.15) is 42.7 Å². The van der Waals surface area contributed by atoms with Gasteiger partial charge in [-0.25, -0.2) is 0 Å². The molecule has 2 rings (SSSR count). The molecule has 0 aliphatic rings.